The summed E-state index contributed by atoms with van der Waals surface area (Å²) in [6, 6.07) is 11.3. The van der Waals surface area contributed by atoms with Gasteiger partial charge in [-0.3, -0.25) is 0 Å². The Balaban J connectivity index is 1.79. The minimum atomic E-state index is -0.468. The smallest absolute Gasteiger partial charge is 0.142 e. The van der Waals surface area contributed by atoms with Gasteiger partial charge >= 0.3 is 0 Å². The maximum Gasteiger partial charge on any atom is 0.142 e. The molecule has 0 heterocycles. The number of benzene rings is 2. The minimum Gasteiger partial charge on any atom is -0.490 e. The van der Waals surface area contributed by atoms with Gasteiger partial charge in [-0.1, -0.05) is 17.7 Å². The van der Waals surface area contributed by atoms with Crippen molar-refractivity contribution in [1.82, 2.24) is 0 Å². The molecule has 0 unspecified atom stereocenters. The second kappa shape index (κ2) is 6.29. The standard InChI is InChI=1S/C14H13ClFNO2/c15-13-9-12(4-5-14(13)16)19-7-6-18-11-3-1-2-10(17)8-11/h1-5,8-9H,6-7,17H2. The van der Waals surface area contributed by atoms with E-state index in [4.69, 9.17) is 26.8 Å². The lowest BCUT2D eigenvalue weighted by atomic mass is 10.3. The zero-order valence-corrected chi connectivity index (χ0v) is 10.9. The van der Waals surface area contributed by atoms with E-state index in [-0.39, 0.29) is 5.02 Å². The van der Waals surface area contributed by atoms with Crippen LogP contribution in [-0.2, 0) is 0 Å². The second-order valence-electron chi connectivity index (χ2n) is 3.85. The highest BCUT2D eigenvalue weighted by molar-refractivity contribution is 6.30. The third-order valence-corrected chi connectivity index (χ3v) is 2.66. The lowest BCUT2D eigenvalue weighted by Crippen LogP contribution is -2.09. The van der Waals surface area contributed by atoms with Gasteiger partial charge in [0.25, 0.3) is 0 Å². The topological polar surface area (TPSA) is 44.5 Å². The molecule has 2 aromatic rings. The van der Waals surface area contributed by atoms with Crippen molar-refractivity contribution in [3.63, 3.8) is 0 Å². The number of hydrogen-bond donors (Lipinski definition) is 1. The van der Waals surface area contributed by atoms with Gasteiger partial charge in [0.2, 0.25) is 0 Å². The van der Waals surface area contributed by atoms with Crippen LogP contribution in [-0.4, -0.2) is 13.2 Å². The fourth-order valence-electron chi connectivity index (χ4n) is 1.49. The number of nitrogen functional groups attached to an aromatic ring is 1. The molecule has 19 heavy (non-hydrogen) atoms. The summed E-state index contributed by atoms with van der Waals surface area (Å²) in [6.07, 6.45) is 0. The van der Waals surface area contributed by atoms with Crippen LogP contribution >= 0.6 is 11.6 Å². The average molecular weight is 282 g/mol. The Hall–Kier alpha value is -1.94. The van der Waals surface area contributed by atoms with Crippen molar-refractivity contribution in [2.24, 2.45) is 0 Å². The van der Waals surface area contributed by atoms with Gasteiger partial charge in [0.1, 0.15) is 30.5 Å². The third-order valence-electron chi connectivity index (χ3n) is 2.37. The molecule has 0 saturated heterocycles. The van der Waals surface area contributed by atoms with Crippen LogP contribution in [0.25, 0.3) is 0 Å². The monoisotopic (exact) mass is 281 g/mol. The SMILES string of the molecule is Nc1cccc(OCCOc2ccc(F)c(Cl)c2)c1. The summed E-state index contributed by atoms with van der Waals surface area (Å²) < 4.78 is 23.8. The number of ether oxygens (including phenoxy) is 2. The van der Waals surface area contributed by atoms with Crippen LogP contribution in [0.3, 0.4) is 0 Å². The molecule has 0 radical (unpaired) electrons. The van der Waals surface area contributed by atoms with E-state index in [1.54, 1.807) is 12.1 Å². The van der Waals surface area contributed by atoms with Crippen molar-refractivity contribution < 1.29 is 13.9 Å². The first-order valence-electron chi connectivity index (χ1n) is 5.71. The molecule has 0 amide bonds. The number of anilines is 1. The summed E-state index contributed by atoms with van der Waals surface area (Å²) in [6.45, 7) is 0.690. The largest absolute Gasteiger partial charge is 0.490 e. The minimum absolute atomic E-state index is 0.0363. The Kier molecular flexibility index (Phi) is 4.47. The molecule has 0 aliphatic rings. The van der Waals surface area contributed by atoms with Gasteiger partial charge < -0.3 is 15.2 Å². The van der Waals surface area contributed by atoms with E-state index in [0.717, 1.165) is 0 Å². The summed E-state index contributed by atoms with van der Waals surface area (Å²) >= 11 is 5.64. The van der Waals surface area contributed by atoms with Crippen molar-refractivity contribution in [2.75, 3.05) is 18.9 Å². The number of nitrogens with two attached hydrogens (primary N) is 1. The summed E-state index contributed by atoms with van der Waals surface area (Å²) in [5, 5.41) is 0.0363. The van der Waals surface area contributed by atoms with E-state index >= 15 is 0 Å². The van der Waals surface area contributed by atoms with E-state index in [1.165, 1.54) is 18.2 Å². The second-order valence-corrected chi connectivity index (χ2v) is 4.25. The van der Waals surface area contributed by atoms with Crippen molar-refractivity contribution >= 4 is 17.3 Å². The number of rotatable bonds is 5. The fourth-order valence-corrected chi connectivity index (χ4v) is 1.66. The molecule has 100 valence electrons. The molecular formula is C14H13ClFNO2. The Bertz CT molecular complexity index is 563. The molecule has 2 rings (SSSR count). The molecule has 0 bridgehead atoms. The normalized spacial score (nSPS) is 10.2. The van der Waals surface area contributed by atoms with Crippen molar-refractivity contribution in [3.05, 3.63) is 53.3 Å². The molecule has 0 aromatic heterocycles. The van der Waals surface area contributed by atoms with Gasteiger partial charge in [-0.2, -0.15) is 0 Å². The van der Waals surface area contributed by atoms with Crippen LogP contribution in [0.2, 0.25) is 5.02 Å². The molecule has 0 atom stereocenters. The van der Waals surface area contributed by atoms with Crippen LogP contribution in [0.1, 0.15) is 0 Å². The van der Waals surface area contributed by atoms with Crippen molar-refractivity contribution in [1.29, 1.82) is 0 Å². The first-order chi connectivity index (χ1) is 9.15. The Morgan fingerprint density at radius 3 is 2.32 bits per heavy atom. The Labute approximate surface area is 115 Å². The molecule has 0 fully saturated rings. The summed E-state index contributed by atoms with van der Waals surface area (Å²) in [5.74, 6) is 0.716. The van der Waals surface area contributed by atoms with E-state index in [9.17, 15) is 4.39 Å². The van der Waals surface area contributed by atoms with Gasteiger partial charge in [-0.25, -0.2) is 4.39 Å². The predicted molar refractivity (Wildman–Crippen MR) is 73.3 cm³/mol. The predicted octanol–water partition coefficient (Wildman–Crippen LogP) is 3.52. The maximum absolute atomic E-state index is 12.9. The molecule has 0 spiro atoms. The Morgan fingerprint density at radius 1 is 1.00 bits per heavy atom. The first-order valence-corrected chi connectivity index (χ1v) is 6.09. The summed E-state index contributed by atoms with van der Waals surface area (Å²) in [7, 11) is 0. The molecular weight excluding hydrogens is 269 g/mol. The lowest BCUT2D eigenvalue weighted by molar-refractivity contribution is 0.217. The molecule has 0 saturated carbocycles. The van der Waals surface area contributed by atoms with Crippen LogP contribution in [0.4, 0.5) is 10.1 Å². The van der Waals surface area contributed by atoms with Gasteiger partial charge in [0.15, 0.2) is 0 Å². The van der Waals surface area contributed by atoms with E-state index < -0.39 is 5.82 Å². The lowest BCUT2D eigenvalue weighted by Gasteiger charge is -2.09. The first kappa shape index (κ1) is 13.5. The van der Waals surface area contributed by atoms with Gasteiger partial charge in [0, 0.05) is 17.8 Å². The molecule has 0 aliphatic carbocycles. The quantitative estimate of drug-likeness (QED) is 0.674. The molecule has 0 aliphatic heterocycles. The zero-order chi connectivity index (χ0) is 13.7. The molecule has 2 N–H and O–H groups in total. The highest BCUT2D eigenvalue weighted by atomic mass is 35.5. The van der Waals surface area contributed by atoms with Gasteiger partial charge in [-0.15, -0.1) is 0 Å². The van der Waals surface area contributed by atoms with E-state index in [2.05, 4.69) is 0 Å². The highest BCUT2D eigenvalue weighted by Crippen LogP contribution is 2.21. The fraction of sp³-hybridized carbons (Fsp3) is 0.143. The highest BCUT2D eigenvalue weighted by Gasteiger charge is 2.01. The van der Waals surface area contributed by atoms with E-state index in [0.29, 0.717) is 30.4 Å². The van der Waals surface area contributed by atoms with Crippen molar-refractivity contribution in [2.45, 2.75) is 0 Å². The van der Waals surface area contributed by atoms with Crippen LogP contribution in [0.5, 0.6) is 11.5 Å². The number of hydrogen-bond acceptors (Lipinski definition) is 3. The third kappa shape index (κ3) is 4.03. The van der Waals surface area contributed by atoms with Crippen LogP contribution < -0.4 is 15.2 Å². The summed E-state index contributed by atoms with van der Waals surface area (Å²) in [4.78, 5) is 0. The maximum atomic E-state index is 12.9. The van der Waals surface area contributed by atoms with Crippen LogP contribution in [0.15, 0.2) is 42.5 Å². The van der Waals surface area contributed by atoms with Crippen molar-refractivity contribution in [3.8, 4) is 11.5 Å². The van der Waals surface area contributed by atoms with E-state index in [1.807, 2.05) is 12.1 Å². The molecule has 3 nitrogen and oxygen atoms in total. The summed E-state index contributed by atoms with van der Waals surface area (Å²) in [5.41, 5.74) is 6.27. The van der Waals surface area contributed by atoms with Crippen LogP contribution in [0, 0.1) is 5.82 Å². The van der Waals surface area contributed by atoms with Gasteiger partial charge in [-0.05, 0) is 24.3 Å². The molecule has 2 aromatic carbocycles. The number of halogens is 2. The Morgan fingerprint density at radius 2 is 1.68 bits per heavy atom. The molecule has 5 heteroatoms. The van der Waals surface area contributed by atoms with Gasteiger partial charge in [0.05, 0.1) is 5.02 Å². The zero-order valence-electron chi connectivity index (χ0n) is 10.1. The average Bonchev–Trinajstić information content (AvgIpc) is 2.39.